The molecule has 0 rings (SSSR count). The van der Waals surface area contributed by atoms with Gasteiger partial charge in [0, 0.05) is 0 Å². The van der Waals surface area contributed by atoms with Crippen molar-refractivity contribution in [2.75, 3.05) is 0 Å². The van der Waals surface area contributed by atoms with Crippen LogP contribution in [0.3, 0.4) is 0 Å². The molecule has 0 heterocycles. The van der Waals surface area contributed by atoms with Crippen LogP contribution < -0.4 is 0 Å². The lowest BCUT2D eigenvalue weighted by atomic mass is 10.0. The van der Waals surface area contributed by atoms with Gasteiger partial charge in [-0.2, -0.15) is 0 Å². The first-order chi connectivity index (χ1) is 6.27. The van der Waals surface area contributed by atoms with E-state index >= 15 is 0 Å². The highest BCUT2D eigenvalue weighted by molar-refractivity contribution is 4.63. The van der Waals surface area contributed by atoms with Gasteiger partial charge < -0.3 is 0 Å². The van der Waals surface area contributed by atoms with E-state index in [1.165, 1.54) is 51.4 Å². The summed E-state index contributed by atoms with van der Waals surface area (Å²) in [6, 6.07) is 0. The van der Waals surface area contributed by atoms with Gasteiger partial charge in [0.1, 0.15) is 0 Å². The summed E-state index contributed by atoms with van der Waals surface area (Å²) in [6.45, 7) is 6.88. The van der Waals surface area contributed by atoms with E-state index in [-0.39, 0.29) is 0 Å². The summed E-state index contributed by atoms with van der Waals surface area (Å²) in [5.41, 5.74) is 0. The molecule has 0 aliphatic rings. The zero-order chi connectivity index (χ0) is 9.94. The lowest BCUT2D eigenvalue weighted by molar-refractivity contribution is 0.518. The minimum Gasteiger partial charge on any atom is -0.0654 e. The Bertz CT molecular complexity index is 84.0. The average molecular weight is 183 g/mol. The average Bonchev–Trinajstić information content (AvgIpc) is 2.09. The first-order valence-corrected chi connectivity index (χ1v) is 6.09. The van der Waals surface area contributed by atoms with E-state index in [4.69, 9.17) is 0 Å². The summed E-state index contributed by atoms with van der Waals surface area (Å²) in [4.78, 5) is 0. The predicted molar refractivity (Wildman–Crippen MR) is 61.7 cm³/mol. The fourth-order valence-electron chi connectivity index (χ4n) is 1.54. The van der Waals surface area contributed by atoms with Gasteiger partial charge in [0.25, 0.3) is 0 Å². The van der Waals surface area contributed by atoms with E-state index in [1.54, 1.807) is 0 Å². The quantitative estimate of drug-likeness (QED) is 0.442. The van der Waals surface area contributed by atoms with Gasteiger partial charge in [-0.15, -0.1) is 0 Å². The predicted octanol–water partition coefficient (Wildman–Crippen LogP) is 4.99. The van der Waals surface area contributed by atoms with Crippen molar-refractivity contribution >= 4 is 0 Å². The highest BCUT2D eigenvalue weighted by Crippen LogP contribution is 2.11. The van der Waals surface area contributed by atoms with E-state index in [2.05, 4.69) is 27.2 Å². The lowest BCUT2D eigenvalue weighted by Crippen LogP contribution is -1.87. The van der Waals surface area contributed by atoms with Gasteiger partial charge in [0.2, 0.25) is 0 Å². The Morgan fingerprint density at radius 3 is 2.23 bits per heavy atom. The van der Waals surface area contributed by atoms with E-state index in [0.29, 0.717) is 0 Å². The molecule has 0 unspecified atom stereocenters. The summed E-state index contributed by atoms with van der Waals surface area (Å²) in [5.74, 6) is 0.895. The minimum atomic E-state index is 0.895. The number of rotatable bonds is 9. The molecule has 0 heteroatoms. The largest absolute Gasteiger partial charge is 0.0654 e. The lowest BCUT2D eigenvalue weighted by Gasteiger charge is -2.03. The Hall–Kier alpha value is 0. The van der Waals surface area contributed by atoms with E-state index in [9.17, 15) is 0 Å². The maximum Gasteiger partial charge on any atom is -0.0386 e. The molecule has 0 aliphatic carbocycles. The highest BCUT2D eigenvalue weighted by Gasteiger charge is 1.94. The van der Waals surface area contributed by atoms with Gasteiger partial charge in [-0.05, 0) is 12.3 Å². The van der Waals surface area contributed by atoms with Crippen molar-refractivity contribution in [3.8, 4) is 0 Å². The molecule has 1 radical (unpaired) electrons. The fraction of sp³-hybridized carbons (Fsp3) is 0.923. The van der Waals surface area contributed by atoms with Crippen LogP contribution in [0.1, 0.15) is 72.1 Å². The Morgan fingerprint density at radius 1 is 0.923 bits per heavy atom. The van der Waals surface area contributed by atoms with Crippen LogP contribution in [0, 0.1) is 12.3 Å². The zero-order valence-corrected chi connectivity index (χ0v) is 9.81. The van der Waals surface area contributed by atoms with Crippen molar-refractivity contribution in [3.05, 3.63) is 6.42 Å². The molecule has 0 saturated heterocycles. The molecule has 0 atom stereocenters. The molecule has 0 aromatic rings. The van der Waals surface area contributed by atoms with Crippen LogP contribution >= 0.6 is 0 Å². The van der Waals surface area contributed by atoms with E-state index in [1.807, 2.05) is 0 Å². The van der Waals surface area contributed by atoms with Gasteiger partial charge in [-0.1, -0.05) is 72.1 Å². The Kier molecular flexibility index (Phi) is 10.1. The van der Waals surface area contributed by atoms with Crippen LogP contribution in [0.5, 0.6) is 0 Å². The SMILES string of the molecule is CCC[CH]CCCCCCC(C)C. The van der Waals surface area contributed by atoms with E-state index in [0.717, 1.165) is 5.92 Å². The summed E-state index contributed by atoms with van der Waals surface area (Å²) in [5, 5.41) is 0. The second-order valence-electron chi connectivity index (χ2n) is 4.46. The second kappa shape index (κ2) is 10.1. The third-order valence-electron chi connectivity index (χ3n) is 2.43. The smallest absolute Gasteiger partial charge is 0.0386 e. The maximum absolute atomic E-state index is 2.45. The van der Waals surface area contributed by atoms with Gasteiger partial charge in [0.05, 0.1) is 0 Å². The van der Waals surface area contributed by atoms with Crippen LogP contribution in [0.15, 0.2) is 0 Å². The van der Waals surface area contributed by atoms with Crippen molar-refractivity contribution in [1.82, 2.24) is 0 Å². The van der Waals surface area contributed by atoms with Crippen LogP contribution in [0.25, 0.3) is 0 Å². The molecule has 0 aliphatic heterocycles. The van der Waals surface area contributed by atoms with Crippen molar-refractivity contribution < 1.29 is 0 Å². The third kappa shape index (κ3) is 12.0. The van der Waals surface area contributed by atoms with Crippen LogP contribution in [-0.2, 0) is 0 Å². The molecular weight excluding hydrogens is 156 g/mol. The van der Waals surface area contributed by atoms with Crippen LogP contribution in [-0.4, -0.2) is 0 Å². The molecular formula is C13H27. The summed E-state index contributed by atoms with van der Waals surface area (Å²) >= 11 is 0. The summed E-state index contributed by atoms with van der Waals surface area (Å²) < 4.78 is 0. The van der Waals surface area contributed by atoms with Gasteiger partial charge in [-0.3, -0.25) is 0 Å². The number of hydrogen-bond acceptors (Lipinski definition) is 0. The minimum absolute atomic E-state index is 0.895. The molecule has 0 nitrogen and oxygen atoms in total. The summed E-state index contributed by atoms with van der Waals surface area (Å²) in [6.07, 6.45) is 13.6. The first-order valence-electron chi connectivity index (χ1n) is 6.09. The monoisotopic (exact) mass is 183 g/mol. The molecule has 0 aromatic heterocycles. The standard InChI is InChI=1S/C13H27/c1-4-5-6-7-8-9-10-11-12-13(2)3/h6,13H,4-5,7-12H2,1-3H3. The molecule has 0 saturated carbocycles. The van der Waals surface area contributed by atoms with Crippen molar-refractivity contribution in [2.24, 2.45) is 5.92 Å². The Labute approximate surface area is 85.1 Å². The van der Waals surface area contributed by atoms with Crippen molar-refractivity contribution in [1.29, 1.82) is 0 Å². The Balaban J connectivity index is 2.84. The molecule has 0 aromatic carbocycles. The zero-order valence-electron chi connectivity index (χ0n) is 9.81. The molecule has 0 spiro atoms. The maximum atomic E-state index is 2.45. The van der Waals surface area contributed by atoms with Gasteiger partial charge >= 0.3 is 0 Å². The van der Waals surface area contributed by atoms with Crippen LogP contribution in [0.4, 0.5) is 0 Å². The number of hydrogen-bond donors (Lipinski definition) is 0. The molecule has 0 bridgehead atoms. The van der Waals surface area contributed by atoms with Crippen molar-refractivity contribution in [3.63, 3.8) is 0 Å². The summed E-state index contributed by atoms with van der Waals surface area (Å²) in [7, 11) is 0. The molecule has 0 N–H and O–H groups in total. The third-order valence-corrected chi connectivity index (χ3v) is 2.43. The molecule has 13 heavy (non-hydrogen) atoms. The van der Waals surface area contributed by atoms with E-state index < -0.39 is 0 Å². The van der Waals surface area contributed by atoms with Gasteiger partial charge in [0.15, 0.2) is 0 Å². The second-order valence-corrected chi connectivity index (χ2v) is 4.46. The van der Waals surface area contributed by atoms with Gasteiger partial charge in [-0.25, -0.2) is 0 Å². The normalized spacial score (nSPS) is 11.1. The molecule has 79 valence electrons. The Morgan fingerprint density at radius 2 is 1.62 bits per heavy atom. The fourth-order valence-corrected chi connectivity index (χ4v) is 1.54. The number of unbranched alkanes of at least 4 members (excludes halogenated alkanes) is 7. The molecule has 0 amide bonds. The van der Waals surface area contributed by atoms with Crippen molar-refractivity contribution in [2.45, 2.75) is 72.1 Å². The molecule has 0 fully saturated rings. The van der Waals surface area contributed by atoms with Crippen LogP contribution in [0.2, 0.25) is 0 Å². The highest BCUT2D eigenvalue weighted by atomic mass is 14.0. The first kappa shape index (κ1) is 13.0. The topological polar surface area (TPSA) is 0 Å².